The van der Waals surface area contributed by atoms with Gasteiger partial charge >= 0.3 is 6.18 Å². The van der Waals surface area contributed by atoms with Crippen LogP contribution in [0.2, 0.25) is 10.0 Å². The molecule has 0 amide bonds. The van der Waals surface area contributed by atoms with Gasteiger partial charge in [0.15, 0.2) is 4.91 Å². The van der Waals surface area contributed by atoms with Crippen molar-refractivity contribution in [2.24, 2.45) is 0 Å². The Hall–Kier alpha value is -2.71. The Morgan fingerprint density at radius 1 is 1.09 bits per heavy atom. The molecular formula is C21H12Cl2F3N3O2S2. The molecule has 0 aliphatic carbocycles. The van der Waals surface area contributed by atoms with E-state index in [2.05, 4.69) is 10.3 Å². The summed E-state index contributed by atoms with van der Waals surface area (Å²) in [7, 11) is -4.03. The molecule has 3 aromatic rings. The number of alkyl halides is 3. The van der Waals surface area contributed by atoms with Gasteiger partial charge in [0.1, 0.15) is 11.1 Å². The van der Waals surface area contributed by atoms with Gasteiger partial charge in [-0.15, -0.1) is 0 Å². The summed E-state index contributed by atoms with van der Waals surface area (Å²) in [5, 5.41) is 12.5. The van der Waals surface area contributed by atoms with Crippen molar-refractivity contribution in [2.45, 2.75) is 21.0 Å². The van der Waals surface area contributed by atoms with Crippen LogP contribution in [-0.4, -0.2) is 13.4 Å². The molecule has 170 valence electrons. The minimum Gasteiger partial charge on any atom is -0.360 e. The lowest BCUT2D eigenvalue weighted by Crippen LogP contribution is -2.05. The lowest BCUT2D eigenvalue weighted by atomic mass is 10.3. The van der Waals surface area contributed by atoms with E-state index < -0.39 is 26.5 Å². The van der Waals surface area contributed by atoms with Crippen LogP contribution in [0, 0.1) is 11.3 Å². The number of benzene rings is 2. The summed E-state index contributed by atoms with van der Waals surface area (Å²) >= 11 is 12.8. The first kappa shape index (κ1) is 24.9. The second-order valence-electron chi connectivity index (χ2n) is 6.36. The van der Waals surface area contributed by atoms with Crippen LogP contribution in [0.1, 0.15) is 5.56 Å². The molecule has 2 aromatic carbocycles. The maximum absolute atomic E-state index is 12.7. The molecule has 0 fully saturated rings. The van der Waals surface area contributed by atoms with Gasteiger partial charge in [0.2, 0.25) is 9.84 Å². The van der Waals surface area contributed by atoms with Crippen molar-refractivity contribution in [3.63, 3.8) is 0 Å². The van der Waals surface area contributed by atoms with Crippen LogP contribution in [0.5, 0.6) is 0 Å². The molecule has 0 spiro atoms. The fourth-order valence-electron chi connectivity index (χ4n) is 2.45. The van der Waals surface area contributed by atoms with Crippen LogP contribution >= 0.6 is 35.0 Å². The van der Waals surface area contributed by atoms with Gasteiger partial charge in [-0.3, -0.25) is 0 Å². The van der Waals surface area contributed by atoms with E-state index in [1.807, 2.05) is 0 Å². The molecule has 1 aromatic heterocycles. The molecule has 1 heterocycles. The molecule has 1 N–H and O–H groups in total. The molecule has 3 rings (SSSR count). The summed E-state index contributed by atoms with van der Waals surface area (Å²) in [5.41, 5.74) is -0.463. The number of nitrogens with one attached hydrogen (secondary N) is 1. The van der Waals surface area contributed by atoms with E-state index in [1.165, 1.54) is 24.3 Å². The maximum atomic E-state index is 12.7. The quantitative estimate of drug-likeness (QED) is 0.353. The minimum atomic E-state index is -4.54. The Morgan fingerprint density at radius 2 is 1.73 bits per heavy atom. The van der Waals surface area contributed by atoms with E-state index in [1.54, 1.807) is 30.3 Å². The molecule has 0 aliphatic heterocycles. The number of sulfone groups is 1. The second-order valence-corrected chi connectivity index (χ2v) is 10.2. The Morgan fingerprint density at radius 3 is 2.27 bits per heavy atom. The molecule has 12 heteroatoms. The fraction of sp³-hybridized carbons (Fsp3) is 0.0476. The Balaban J connectivity index is 1.73. The highest BCUT2D eigenvalue weighted by Gasteiger charge is 2.31. The third kappa shape index (κ3) is 6.21. The molecule has 5 nitrogen and oxygen atoms in total. The zero-order valence-corrected chi connectivity index (χ0v) is 19.4. The zero-order chi connectivity index (χ0) is 24.2. The highest BCUT2D eigenvalue weighted by molar-refractivity contribution is 7.99. The normalized spacial score (nSPS) is 12.3. The topological polar surface area (TPSA) is 82.8 Å². The van der Waals surface area contributed by atoms with Crippen LogP contribution in [0.3, 0.4) is 0 Å². The van der Waals surface area contributed by atoms with Crippen LogP contribution in [0.15, 0.2) is 86.7 Å². The van der Waals surface area contributed by atoms with E-state index in [9.17, 15) is 26.9 Å². The molecule has 0 saturated carbocycles. The molecule has 0 atom stereocenters. The van der Waals surface area contributed by atoms with Crippen molar-refractivity contribution in [2.75, 3.05) is 5.32 Å². The predicted molar refractivity (Wildman–Crippen MR) is 121 cm³/mol. The van der Waals surface area contributed by atoms with Crippen LogP contribution < -0.4 is 5.32 Å². The zero-order valence-electron chi connectivity index (χ0n) is 16.3. The number of nitrogens with zero attached hydrogens (tertiary/aromatic N) is 2. The van der Waals surface area contributed by atoms with Gasteiger partial charge in [-0.25, -0.2) is 13.4 Å². The van der Waals surface area contributed by atoms with Crippen molar-refractivity contribution in [3.8, 4) is 6.07 Å². The summed E-state index contributed by atoms with van der Waals surface area (Å²) in [6.07, 6.45) is -2.76. The monoisotopic (exact) mass is 529 g/mol. The fourth-order valence-corrected chi connectivity index (χ4v) is 4.69. The molecule has 33 heavy (non-hydrogen) atoms. The van der Waals surface area contributed by atoms with E-state index in [4.69, 9.17) is 23.2 Å². The third-order valence-electron chi connectivity index (χ3n) is 4.10. The van der Waals surface area contributed by atoms with Crippen LogP contribution in [-0.2, 0) is 16.0 Å². The first-order chi connectivity index (χ1) is 15.5. The average molecular weight is 530 g/mol. The first-order valence-corrected chi connectivity index (χ1v) is 11.9. The Labute approximate surface area is 201 Å². The van der Waals surface area contributed by atoms with Crippen molar-refractivity contribution in [1.29, 1.82) is 5.26 Å². The van der Waals surface area contributed by atoms with Gasteiger partial charge in [0.05, 0.1) is 15.5 Å². The molecule has 0 radical (unpaired) electrons. The van der Waals surface area contributed by atoms with Gasteiger partial charge in [0.25, 0.3) is 0 Å². The number of aromatic nitrogens is 1. The lowest BCUT2D eigenvalue weighted by molar-refractivity contribution is -0.137. The molecule has 0 bridgehead atoms. The van der Waals surface area contributed by atoms with Gasteiger partial charge in [-0.05, 0) is 54.6 Å². The van der Waals surface area contributed by atoms with Gasteiger partial charge in [0, 0.05) is 28.0 Å². The third-order valence-corrected chi connectivity index (χ3v) is 7.46. The smallest absolute Gasteiger partial charge is 0.360 e. The SMILES string of the molecule is N#CC(=CNc1ccc(Sc2ncc(C(F)(F)F)cc2Cl)cc1)S(=O)(=O)c1ccc(Cl)cc1. The van der Waals surface area contributed by atoms with E-state index in [0.29, 0.717) is 21.8 Å². The molecule has 0 saturated heterocycles. The molecule has 0 aliphatic rings. The summed E-state index contributed by atoms with van der Waals surface area (Å²) < 4.78 is 63.4. The van der Waals surface area contributed by atoms with E-state index in [-0.39, 0.29) is 14.9 Å². The van der Waals surface area contributed by atoms with Gasteiger partial charge < -0.3 is 5.32 Å². The summed E-state index contributed by atoms with van der Waals surface area (Å²) in [6.45, 7) is 0. The summed E-state index contributed by atoms with van der Waals surface area (Å²) in [5.74, 6) is 0. The van der Waals surface area contributed by atoms with Crippen molar-refractivity contribution in [3.05, 3.63) is 87.5 Å². The first-order valence-electron chi connectivity index (χ1n) is 8.89. The minimum absolute atomic E-state index is 0.0748. The number of allylic oxidation sites excluding steroid dienone is 1. The highest BCUT2D eigenvalue weighted by atomic mass is 35.5. The lowest BCUT2D eigenvalue weighted by Gasteiger charge is -2.09. The summed E-state index contributed by atoms with van der Waals surface area (Å²) in [6, 6.07) is 14.4. The van der Waals surface area contributed by atoms with E-state index >= 15 is 0 Å². The van der Waals surface area contributed by atoms with Crippen molar-refractivity contribution < 1.29 is 21.6 Å². The van der Waals surface area contributed by atoms with Gasteiger partial charge in [-0.2, -0.15) is 18.4 Å². The number of halogens is 5. The number of anilines is 1. The second kappa shape index (κ2) is 10.1. The van der Waals surface area contributed by atoms with Crippen LogP contribution in [0.4, 0.5) is 18.9 Å². The average Bonchev–Trinajstić information content (AvgIpc) is 2.76. The van der Waals surface area contributed by atoms with Crippen molar-refractivity contribution >= 4 is 50.5 Å². The predicted octanol–water partition coefficient (Wildman–Crippen LogP) is 6.81. The highest BCUT2D eigenvalue weighted by Crippen LogP contribution is 2.36. The van der Waals surface area contributed by atoms with Crippen molar-refractivity contribution in [1.82, 2.24) is 4.98 Å². The van der Waals surface area contributed by atoms with E-state index in [0.717, 1.165) is 24.0 Å². The summed E-state index contributed by atoms with van der Waals surface area (Å²) in [4.78, 5) is 3.83. The maximum Gasteiger partial charge on any atom is 0.417 e. The number of hydrogen-bond acceptors (Lipinski definition) is 6. The number of rotatable bonds is 6. The number of nitriles is 1. The molecular weight excluding hydrogens is 518 g/mol. The Kier molecular flexibility index (Phi) is 7.59. The Bertz CT molecular complexity index is 1340. The number of pyridine rings is 1. The number of hydrogen-bond donors (Lipinski definition) is 1. The van der Waals surface area contributed by atoms with Crippen LogP contribution in [0.25, 0.3) is 0 Å². The molecule has 0 unspecified atom stereocenters. The standard InChI is InChI=1S/C21H12Cl2F3N3O2S2/c22-14-1-7-17(8-2-14)33(30,31)18(10-27)12-28-15-3-5-16(6-4-15)32-20-19(23)9-13(11-29-20)21(24,25)26/h1-9,11-12,28H. The largest absolute Gasteiger partial charge is 0.417 e. The van der Waals surface area contributed by atoms with Gasteiger partial charge in [-0.1, -0.05) is 35.0 Å².